The van der Waals surface area contributed by atoms with Crippen LogP contribution in [-0.2, 0) is 0 Å². The first-order valence-corrected chi connectivity index (χ1v) is 7.92. The molecular formula is C17H30O. The van der Waals surface area contributed by atoms with Crippen LogP contribution in [-0.4, -0.2) is 5.11 Å². The fraction of sp³-hybridized carbons (Fsp3) is 0.882. The van der Waals surface area contributed by atoms with Gasteiger partial charge in [-0.3, -0.25) is 0 Å². The van der Waals surface area contributed by atoms with Crippen molar-refractivity contribution in [2.75, 3.05) is 0 Å². The molecule has 1 heteroatoms. The maximum atomic E-state index is 9.06. The summed E-state index contributed by atoms with van der Waals surface area (Å²) in [5.41, 5.74) is 1.34. The molecule has 1 N–H and O–H groups in total. The molecule has 104 valence electrons. The van der Waals surface area contributed by atoms with Gasteiger partial charge in [0.05, 0.1) is 6.26 Å². The molecule has 0 aromatic carbocycles. The zero-order chi connectivity index (χ0) is 13.1. The van der Waals surface area contributed by atoms with Gasteiger partial charge in [-0.1, -0.05) is 39.5 Å². The van der Waals surface area contributed by atoms with E-state index in [2.05, 4.69) is 13.8 Å². The van der Waals surface area contributed by atoms with Gasteiger partial charge >= 0.3 is 0 Å². The summed E-state index contributed by atoms with van der Waals surface area (Å²) in [6.45, 7) is 4.72. The van der Waals surface area contributed by atoms with Gasteiger partial charge in [0, 0.05) is 0 Å². The van der Waals surface area contributed by atoms with Crippen molar-refractivity contribution in [2.24, 2.45) is 16.7 Å². The minimum absolute atomic E-state index is 0.566. The standard InChI is InChI=1S/C17H30O/c1-3-4-5-7-15(8-11-18)12-16(2)13-17(14-16)9-6-10-17/h8,11,15,18H,3-7,9-10,12-14H2,1-2H3. The molecule has 0 aromatic heterocycles. The van der Waals surface area contributed by atoms with E-state index in [-0.39, 0.29) is 0 Å². The molecule has 0 amide bonds. The van der Waals surface area contributed by atoms with Gasteiger partial charge < -0.3 is 5.11 Å². The molecule has 2 aliphatic carbocycles. The van der Waals surface area contributed by atoms with E-state index >= 15 is 0 Å². The van der Waals surface area contributed by atoms with E-state index in [1.807, 2.05) is 6.08 Å². The molecule has 1 nitrogen and oxygen atoms in total. The van der Waals surface area contributed by atoms with Crippen LogP contribution in [0.1, 0.15) is 78.1 Å². The van der Waals surface area contributed by atoms with E-state index in [0.29, 0.717) is 11.3 Å². The Morgan fingerprint density at radius 1 is 1.22 bits per heavy atom. The molecule has 18 heavy (non-hydrogen) atoms. The Kier molecular flexibility index (Phi) is 4.40. The van der Waals surface area contributed by atoms with Gasteiger partial charge in [-0.25, -0.2) is 0 Å². The molecule has 0 aromatic rings. The Labute approximate surface area is 113 Å². The number of hydrogen-bond donors (Lipinski definition) is 1. The molecule has 2 fully saturated rings. The highest BCUT2D eigenvalue weighted by atomic mass is 16.2. The van der Waals surface area contributed by atoms with Crippen LogP contribution in [0.15, 0.2) is 12.3 Å². The first-order valence-electron chi connectivity index (χ1n) is 7.92. The lowest BCUT2D eigenvalue weighted by atomic mass is 9.44. The number of hydrogen-bond acceptors (Lipinski definition) is 1. The minimum atomic E-state index is 0.566. The molecular weight excluding hydrogens is 220 g/mol. The summed E-state index contributed by atoms with van der Waals surface area (Å²) in [6, 6.07) is 0. The minimum Gasteiger partial charge on any atom is -0.516 e. The average Bonchev–Trinajstić information content (AvgIpc) is 2.23. The summed E-state index contributed by atoms with van der Waals surface area (Å²) in [6.07, 6.45) is 17.1. The van der Waals surface area contributed by atoms with Crippen LogP contribution < -0.4 is 0 Å². The van der Waals surface area contributed by atoms with Gasteiger partial charge in [-0.05, 0) is 61.3 Å². The number of rotatable bonds is 7. The number of unbranched alkanes of at least 4 members (excludes halogenated alkanes) is 2. The summed E-state index contributed by atoms with van der Waals surface area (Å²) in [7, 11) is 0. The van der Waals surface area contributed by atoms with Gasteiger partial charge in [0.15, 0.2) is 0 Å². The van der Waals surface area contributed by atoms with Crippen LogP contribution in [0.3, 0.4) is 0 Å². The SMILES string of the molecule is CCCCCC(C=CO)CC1(C)CC2(CCC2)C1. The smallest absolute Gasteiger partial charge is 0.0754 e. The van der Waals surface area contributed by atoms with Crippen molar-refractivity contribution in [3.05, 3.63) is 12.3 Å². The first kappa shape index (κ1) is 14.0. The van der Waals surface area contributed by atoms with Crippen LogP contribution in [0.4, 0.5) is 0 Å². The van der Waals surface area contributed by atoms with Gasteiger partial charge in [0.25, 0.3) is 0 Å². The van der Waals surface area contributed by atoms with Gasteiger partial charge in [0.2, 0.25) is 0 Å². The quantitative estimate of drug-likeness (QED) is 0.459. The molecule has 2 saturated carbocycles. The second-order valence-corrected chi connectivity index (χ2v) is 7.32. The van der Waals surface area contributed by atoms with Gasteiger partial charge in [0.1, 0.15) is 0 Å². The molecule has 1 atom stereocenters. The van der Waals surface area contributed by atoms with Crippen LogP contribution in [0.25, 0.3) is 0 Å². The number of aliphatic hydroxyl groups excluding tert-OH is 1. The fourth-order valence-corrected chi connectivity index (χ4v) is 4.61. The molecule has 0 aliphatic heterocycles. The van der Waals surface area contributed by atoms with Crippen LogP contribution >= 0.6 is 0 Å². The molecule has 1 unspecified atom stereocenters. The van der Waals surface area contributed by atoms with E-state index in [1.165, 1.54) is 70.5 Å². The van der Waals surface area contributed by atoms with Crippen molar-refractivity contribution in [1.29, 1.82) is 0 Å². The molecule has 0 radical (unpaired) electrons. The first-order chi connectivity index (χ1) is 8.61. The zero-order valence-electron chi connectivity index (χ0n) is 12.3. The predicted molar refractivity (Wildman–Crippen MR) is 77.6 cm³/mol. The average molecular weight is 250 g/mol. The summed E-state index contributed by atoms with van der Waals surface area (Å²) in [4.78, 5) is 0. The third-order valence-electron chi connectivity index (χ3n) is 5.31. The fourth-order valence-electron chi connectivity index (χ4n) is 4.61. The highest BCUT2D eigenvalue weighted by molar-refractivity contribution is 5.06. The normalized spacial score (nSPS) is 25.9. The third kappa shape index (κ3) is 3.10. The lowest BCUT2D eigenvalue weighted by Crippen LogP contribution is -2.49. The van der Waals surface area contributed by atoms with Gasteiger partial charge in [-0.15, -0.1) is 0 Å². The maximum Gasteiger partial charge on any atom is 0.0754 e. The monoisotopic (exact) mass is 250 g/mol. The van der Waals surface area contributed by atoms with Crippen molar-refractivity contribution < 1.29 is 5.11 Å². The van der Waals surface area contributed by atoms with Crippen LogP contribution in [0.5, 0.6) is 0 Å². The summed E-state index contributed by atoms with van der Waals surface area (Å²) < 4.78 is 0. The van der Waals surface area contributed by atoms with Crippen LogP contribution in [0.2, 0.25) is 0 Å². The van der Waals surface area contributed by atoms with Crippen molar-refractivity contribution >= 4 is 0 Å². The molecule has 2 aliphatic rings. The Bertz CT molecular complexity index is 280. The van der Waals surface area contributed by atoms with Crippen LogP contribution in [0, 0.1) is 16.7 Å². The van der Waals surface area contributed by atoms with E-state index in [0.717, 1.165) is 5.41 Å². The molecule has 0 saturated heterocycles. The maximum absolute atomic E-state index is 9.06. The van der Waals surface area contributed by atoms with E-state index < -0.39 is 0 Å². The Morgan fingerprint density at radius 2 is 1.94 bits per heavy atom. The van der Waals surface area contributed by atoms with Crippen molar-refractivity contribution in [3.63, 3.8) is 0 Å². The van der Waals surface area contributed by atoms with Crippen molar-refractivity contribution in [1.82, 2.24) is 0 Å². The Hall–Kier alpha value is -0.460. The number of allylic oxidation sites excluding steroid dienone is 1. The summed E-state index contributed by atoms with van der Waals surface area (Å²) >= 11 is 0. The zero-order valence-corrected chi connectivity index (χ0v) is 12.3. The molecule has 2 rings (SSSR count). The Morgan fingerprint density at radius 3 is 2.44 bits per heavy atom. The largest absolute Gasteiger partial charge is 0.516 e. The van der Waals surface area contributed by atoms with Gasteiger partial charge in [-0.2, -0.15) is 0 Å². The third-order valence-corrected chi connectivity index (χ3v) is 5.31. The lowest BCUT2D eigenvalue weighted by Gasteiger charge is -2.61. The topological polar surface area (TPSA) is 20.2 Å². The predicted octanol–water partition coefficient (Wildman–Crippen LogP) is 5.62. The second-order valence-electron chi connectivity index (χ2n) is 7.32. The number of aliphatic hydroxyl groups is 1. The highest BCUT2D eigenvalue weighted by Crippen LogP contribution is 2.66. The van der Waals surface area contributed by atoms with E-state index in [1.54, 1.807) is 0 Å². The van der Waals surface area contributed by atoms with Crippen molar-refractivity contribution in [2.45, 2.75) is 78.1 Å². The molecule has 0 heterocycles. The lowest BCUT2D eigenvalue weighted by molar-refractivity contribution is -0.0954. The summed E-state index contributed by atoms with van der Waals surface area (Å²) in [5.74, 6) is 0.601. The van der Waals surface area contributed by atoms with E-state index in [9.17, 15) is 0 Å². The van der Waals surface area contributed by atoms with E-state index in [4.69, 9.17) is 5.11 Å². The highest BCUT2D eigenvalue weighted by Gasteiger charge is 2.54. The summed E-state index contributed by atoms with van der Waals surface area (Å²) in [5, 5.41) is 9.06. The van der Waals surface area contributed by atoms with Crippen molar-refractivity contribution in [3.8, 4) is 0 Å². The molecule has 1 spiro atoms. The second kappa shape index (κ2) is 5.67. The Balaban J connectivity index is 1.77. The molecule has 0 bridgehead atoms.